The smallest absolute Gasteiger partial charge is 0.0772 e. The van der Waals surface area contributed by atoms with Crippen LogP contribution in [0.4, 0.5) is 5.69 Å². The SMILES string of the molecule is CCOCCN(CC)c1ccc([C@H](C)O)c(Br)c1. The number of anilines is 1. The molecule has 0 aliphatic carbocycles. The summed E-state index contributed by atoms with van der Waals surface area (Å²) in [6, 6.07) is 6.06. The topological polar surface area (TPSA) is 32.7 Å². The lowest BCUT2D eigenvalue weighted by atomic mass is 10.1. The summed E-state index contributed by atoms with van der Waals surface area (Å²) < 4.78 is 6.34. The Morgan fingerprint density at radius 1 is 1.39 bits per heavy atom. The molecule has 0 unspecified atom stereocenters. The molecule has 0 saturated carbocycles. The van der Waals surface area contributed by atoms with E-state index in [9.17, 15) is 5.11 Å². The van der Waals surface area contributed by atoms with Crippen molar-refractivity contribution in [2.45, 2.75) is 26.9 Å². The Morgan fingerprint density at radius 3 is 2.61 bits per heavy atom. The number of halogens is 1. The maximum Gasteiger partial charge on any atom is 0.0772 e. The highest BCUT2D eigenvalue weighted by atomic mass is 79.9. The van der Waals surface area contributed by atoms with Crippen molar-refractivity contribution in [1.29, 1.82) is 0 Å². The van der Waals surface area contributed by atoms with Crippen molar-refractivity contribution in [1.82, 2.24) is 0 Å². The van der Waals surface area contributed by atoms with E-state index in [1.165, 1.54) is 0 Å². The van der Waals surface area contributed by atoms with Crippen molar-refractivity contribution < 1.29 is 9.84 Å². The number of aliphatic hydroxyl groups excluding tert-OH is 1. The first-order valence-corrected chi connectivity index (χ1v) is 7.19. The van der Waals surface area contributed by atoms with Crippen LogP contribution in [0.25, 0.3) is 0 Å². The monoisotopic (exact) mass is 315 g/mol. The summed E-state index contributed by atoms with van der Waals surface area (Å²) in [4.78, 5) is 2.26. The summed E-state index contributed by atoms with van der Waals surface area (Å²) in [5.41, 5.74) is 2.06. The van der Waals surface area contributed by atoms with Gasteiger partial charge in [0.25, 0.3) is 0 Å². The number of aliphatic hydroxyl groups is 1. The molecule has 0 radical (unpaired) electrons. The lowest BCUT2D eigenvalue weighted by Gasteiger charge is -2.24. The summed E-state index contributed by atoms with van der Waals surface area (Å²) in [7, 11) is 0. The minimum absolute atomic E-state index is 0.452. The zero-order chi connectivity index (χ0) is 13.5. The van der Waals surface area contributed by atoms with Crippen LogP contribution in [-0.2, 0) is 4.74 Å². The van der Waals surface area contributed by atoms with Crippen LogP contribution >= 0.6 is 15.9 Å². The van der Waals surface area contributed by atoms with E-state index in [2.05, 4.69) is 33.8 Å². The van der Waals surface area contributed by atoms with E-state index in [0.29, 0.717) is 0 Å². The third-order valence-corrected chi connectivity index (χ3v) is 3.58. The van der Waals surface area contributed by atoms with Gasteiger partial charge in [-0.25, -0.2) is 0 Å². The number of rotatable bonds is 7. The molecule has 1 rings (SSSR count). The Kier molecular flexibility index (Phi) is 6.68. The van der Waals surface area contributed by atoms with Crippen molar-refractivity contribution in [3.05, 3.63) is 28.2 Å². The van der Waals surface area contributed by atoms with Gasteiger partial charge in [0.05, 0.1) is 12.7 Å². The van der Waals surface area contributed by atoms with Crippen LogP contribution < -0.4 is 4.90 Å². The highest BCUT2D eigenvalue weighted by molar-refractivity contribution is 9.10. The van der Waals surface area contributed by atoms with E-state index < -0.39 is 6.10 Å². The van der Waals surface area contributed by atoms with Gasteiger partial charge in [-0.05, 0) is 38.5 Å². The molecular weight excluding hydrogens is 294 g/mol. The molecule has 4 heteroatoms. The first-order valence-electron chi connectivity index (χ1n) is 6.40. The number of ether oxygens (including phenoxy) is 1. The van der Waals surface area contributed by atoms with Gasteiger partial charge in [-0.2, -0.15) is 0 Å². The van der Waals surface area contributed by atoms with Crippen molar-refractivity contribution >= 4 is 21.6 Å². The zero-order valence-electron chi connectivity index (χ0n) is 11.3. The van der Waals surface area contributed by atoms with Gasteiger partial charge in [-0.3, -0.25) is 0 Å². The second-order valence-corrected chi connectivity index (χ2v) is 5.01. The molecule has 1 aromatic carbocycles. The second-order valence-electron chi connectivity index (χ2n) is 4.16. The van der Waals surface area contributed by atoms with E-state index in [0.717, 1.165) is 42.0 Å². The summed E-state index contributed by atoms with van der Waals surface area (Å²) in [5, 5.41) is 9.60. The molecule has 0 aliphatic heterocycles. The zero-order valence-corrected chi connectivity index (χ0v) is 12.9. The van der Waals surface area contributed by atoms with Crippen LogP contribution in [0.1, 0.15) is 32.4 Å². The number of likely N-dealkylation sites (N-methyl/N-ethyl adjacent to an activating group) is 1. The maximum absolute atomic E-state index is 9.60. The molecule has 3 nitrogen and oxygen atoms in total. The molecule has 0 spiro atoms. The van der Waals surface area contributed by atoms with Crippen LogP contribution in [0, 0.1) is 0 Å². The van der Waals surface area contributed by atoms with Crippen molar-refractivity contribution in [3.8, 4) is 0 Å². The fourth-order valence-corrected chi connectivity index (χ4v) is 2.54. The largest absolute Gasteiger partial charge is 0.389 e. The lowest BCUT2D eigenvalue weighted by Crippen LogP contribution is -2.27. The Labute approximate surface area is 118 Å². The molecule has 0 bridgehead atoms. The maximum atomic E-state index is 9.60. The summed E-state index contributed by atoms with van der Waals surface area (Å²) >= 11 is 3.51. The minimum Gasteiger partial charge on any atom is -0.389 e. The Balaban J connectivity index is 2.77. The molecule has 1 aromatic rings. The molecule has 0 heterocycles. The van der Waals surface area contributed by atoms with Gasteiger partial charge in [-0.1, -0.05) is 22.0 Å². The van der Waals surface area contributed by atoms with Gasteiger partial charge in [0.2, 0.25) is 0 Å². The quantitative estimate of drug-likeness (QED) is 0.783. The van der Waals surface area contributed by atoms with Crippen molar-refractivity contribution in [3.63, 3.8) is 0 Å². The van der Waals surface area contributed by atoms with E-state index in [1.54, 1.807) is 6.92 Å². The average Bonchev–Trinajstić information content (AvgIpc) is 2.34. The number of benzene rings is 1. The van der Waals surface area contributed by atoms with Gasteiger partial charge in [-0.15, -0.1) is 0 Å². The first kappa shape index (κ1) is 15.5. The molecular formula is C14H22BrNO2. The van der Waals surface area contributed by atoms with Gasteiger partial charge in [0.1, 0.15) is 0 Å². The van der Waals surface area contributed by atoms with Gasteiger partial charge < -0.3 is 14.7 Å². The van der Waals surface area contributed by atoms with Gasteiger partial charge in [0.15, 0.2) is 0 Å². The van der Waals surface area contributed by atoms with Gasteiger partial charge in [0, 0.05) is 29.9 Å². The third-order valence-electron chi connectivity index (χ3n) is 2.89. The molecule has 18 heavy (non-hydrogen) atoms. The van der Waals surface area contributed by atoms with Crippen LogP contribution in [0.3, 0.4) is 0 Å². The Bertz CT molecular complexity index is 369. The highest BCUT2D eigenvalue weighted by Gasteiger charge is 2.10. The highest BCUT2D eigenvalue weighted by Crippen LogP contribution is 2.28. The predicted molar refractivity (Wildman–Crippen MR) is 79.2 cm³/mol. The fourth-order valence-electron chi connectivity index (χ4n) is 1.84. The van der Waals surface area contributed by atoms with Crippen LogP contribution in [-0.4, -0.2) is 31.4 Å². The fraction of sp³-hybridized carbons (Fsp3) is 0.571. The summed E-state index contributed by atoms with van der Waals surface area (Å²) in [6.45, 7) is 9.21. The lowest BCUT2D eigenvalue weighted by molar-refractivity contribution is 0.154. The van der Waals surface area contributed by atoms with Crippen LogP contribution in [0.2, 0.25) is 0 Å². The summed E-state index contributed by atoms with van der Waals surface area (Å²) in [6.07, 6.45) is -0.452. The molecule has 0 aliphatic rings. The molecule has 0 saturated heterocycles. The van der Waals surface area contributed by atoms with Crippen LogP contribution in [0.15, 0.2) is 22.7 Å². The van der Waals surface area contributed by atoms with E-state index >= 15 is 0 Å². The number of hydrogen-bond acceptors (Lipinski definition) is 3. The van der Waals surface area contributed by atoms with Crippen LogP contribution in [0.5, 0.6) is 0 Å². The summed E-state index contributed by atoms with van der Waals surface area (Å²) in [5.74, 6) is 0. The molecule has 0 fully saturated rings. The Hall–Kier alpha value is -0.580. The minimum atomic E-state index is -0.452. The van der Waals surface area contributed by atoms with E-state index in [1.807, 2.05) is 19.1 Å². The number of hydrogen-bond donors (Lipinski definition) is 1. The molecule has 102 valence electrons. The van der Waals surface area contributed by atoms with E-state index in [4.69, 9.17) is 4.74 Å². The van der Waals surface area contributed by atoms with Crippen molar-refractivity contribution in [2.24, 2.45) is 0 Å². The number of nitrogens with zero attached hydrogens (tertiary/aromatic N) is 1. The standard InChI is InChI=1S/C14H22BrNO2/c1-4-16(8-9-18-5-2)12-6-7-13(11(3)17)14(15)10-12/h6-7,10-11,17H,4-5,8-9H2,1-3H3/t11-/m0/s1. The molecule has 0 amide bonds. The van der Waals surface area contributed by atoms with Gasteiger partial charge >= 0.3 is 0 Å². The third kappa shape index (κ3) is 4.26. The molecule has 1 atom stereocenters. The van der Waals surface area contributed by atoms with Crippen molar-refractivity contribution in [2.75, 3.05) is 31.2 Å². The molecule has 1 N–H and O–H groups in total. The average molecular weight is 316 g/mol. The predicted octanol–water partition coefficient (Wildman–Crippen LogP) is 3.37. The second kappa shape index (κ2) is 7.77. The first-order chi connectivity index (χ1) is 8.60. The van der Waals surface area contributed by atoms with E-state index in [-0.39, 0.29) is 0 Å². The molecule has 0 aromatic heterocycles. The normalized spacial score (nSPS) is 12.5. The Morgan fingerprint density at radius 2 is 2.11 bits per heavy atom.